The predicted octanol–water partition coefficient (Wildman–Crippen LogP) is 1.76. The maximum atomic E-state index is 4.60. The van der Waals surface area contributed by atoms with E-state index in [1.165, 1.54) is 0 Å². The van der Waals surface area contributed by atoms with Crippen molar-refractivity contribution in [3.63, 3.8) is 0 Å². The van der Waals surface area contributed by atoms with Gasteiger partial charge in [-0.05, 0) is 6.42 Å². The molecule has 10 heavy (non-hydrogen) atoms. The molecule has 0 aliphatic carbocycles. The molecule has 0 spiro atoms. The van der Waals surface area contributed by atoms with Gasteiger partial charge in [-0.25, -0.2) is 4.63 Å². The predicted molar refractivity (Wildman–Crippen MR) is 37.8 cm³/mol. The van der Waals surface area contributed by atoms with Gasteiger partial charge in [0.15, 0.2) is 0 Å². The molecule has 0 aliphatic heterocycles. The Morgan fingerprint density at radius 3 is 2.50 bits per heavy atom. The number of aryl methyl sites for hydroxylation is 1. The van der Waals surface area contributed by atoms with Gasteiger partial charge in [-0.3, -0.25) is 0 Å². The van der Waals surface area contributed by atoms with E-state index in [2.05, 4.69) is 28.8 Å². The summed E-state index contributed by atoms with van der Waals surface area (Å²) in [5, 5.41) is 7.57. The lowest BCUT2D eigenvalue weighted by Crippen LogP contribution is -1.93. The molecule has 1 aromatic rings. The highest BCUT2D eigenvalue weighted by Gasteiger charge is 2.10. The summed E-state index contributed by atoms with van der Waals surface area (Å²) < 4.78 is 4.60. The Bertz CT molecular complexity index is 205. The second kappa shape index (κ2) is 2.82. The van der Waals surface area contributed by atoms with Crippen molar-refractivity contribution in [2.24, 2.45) is 0 Å². The van der Waals surface area contributed by atoms with Gasteiger partial charge < -0.3 is 0 Å². The Labute approximate surface area is 60.4 Å². The maximum Gasteiger partial charge on any atom is 0.110 e. The third-order valence-corrected chi connectivity index (χ3v) is 1.47. The fraction of sp³-hybridized carbons (Fsp3) is 0.714. The highest BCUT2D eigenvalue weighted by Crippen LogP contribution is 2.14. The first-order valence-electron chi connectivity index (χ1n) is 3.57. The second-order valence-electron chi connectivity index (χ2n) is 2.60. The van der Waals surface area contributed by atoms with Crippen LogP contribution in [0.2, 0.25) is 0 Å². The van der Waals surface area contributed by atoms with E-state index in [1.807, 2.05) is 6.92 Å². The molecule has 0 saturated heterocycles. The fourth-order valence-electron chi connectivity index (χ4n) is 0.897. The summed E-state index contributed by atoms with van der Waals surface area (Å²) in [6.45, 7) is 6.21. The molecule has 1 aromatic heterocycles. The van der Waals surface area contributed by atoms with Crippen molar-refractivity contribution < 1.29 is 4.63 Å². The molecule has 0 unspecified atom stereocenters. The number of hydrogen-bond acceptors (Lipinski definition) is 3. The molecule has 56 valence electrons. The minimum absolute atomic E-state index is 0.418. The summed E-state index contributed by atoms with van der Waals surface area (Å²) in [6, 6.07) is 0. The third-order valence-electron chi connectivity index (χ3n) is 1.47. The van der Waals surface area contributed by atoms with Crippen LogP contribution in [0.3, 0.4) is 0 Å². The Kier molecular flexibility index (Phi) is 2.04. The van der Waals surface area contributed by atoms with Gasteiger partial charge in [0.05, 0.1) is 0 Å². The van der Waals surface area contributed by atoms with E-state index in [0.717, 1.165) is 17.8 Å². The Hall–Kier alpha value is -0.860. The first-order chi connectivity index (χ1) is 4.75. The Morgan fingerprint density at radius 1 is 1.40 bits per heavy atom. The lowest BCUT2D eigenvalue weighted by Gasteiger charge is -1.97. The van der Waals surface area contributed by atoms with Crippen LogP contribution in [-0.2, 0) is 6.42 Å². The monoisotopic (exact) mass is 140 g/mol. The van der Waals surface area contributed by atoms with Gasteiger partial charge in [-0.1, -0.05) is 31.1 Å². The first kappa shape index (κ1) is 7.25. The molecule has 0 radical (unpaired) electrons. The van der Waals surface area contributed by atoms with Crippen LogP contribution in [0.25, 0.3) is 0 Å². The summed E-state index contributed by atoms with van der Waals surface area (Å²) in [4.78, 5) is 0. The van der Waals surface area contributed by atoms with Crippen molar-refractivity contribution >= 4 is 0 Å². The van der Waals surface area contributed by atoms with E-state index in [0.29, 0.717) is 5.92 Å². The standard InChI is InChI=1S/C7H12N2O/c1-4-6-7(5(2)3)9-10-8-6/h5H,4H2,1-3H3. The minimum Gasteiger partial charge on any atom is -0.244 e. The molecular formula is C7H12N2O. The largest absolute Gasteiger partial charge is 0.244 e. The zero-order chi connectivity index (χ0) is 7.56. The maximum absolute atomic E-state index is 4.60. The van der Waals surface area contributed by atoms with Crippen molar-refractivity contribution in [2.75, 3.05) is 0 Å². The highest BCUT2D eigenvalue weighted by molar-refractivity contribution is 5.10. The van der Waals surface area contributed by atoms with E-state index in [1.54, 1.807) is 0 Å². The van der Waals surface area contributed by atoms with E-state index in [9.17, 15) is 0 Å². The van der Waals surface area contributed by atoms with Crippen LogP contribution in [0.5, 0.6) is 0 Å². The molecule has 0 aromatic carbocycles. The van der Waals surface area contributed by atoms with Gasteiger partial charge in [0, 0.05) is 5.92 Å². The summed E-state index contributed by atoms with van der Waals surface area (Å²) in [7, 11) is 0. The second-order valence-corrected chi connectivity index (χ2v) is 2.60. The molecule has 0 atom stereocenters. The summed E-state index contributed by atoms with van der Waals surface area (Å²) in [6.07, 6.45) is 0.900. The number of hydrogen-bond donors (Lipinski definition) is 0. The Balaban J connectivity index is 2.90. The summed E-state index contributed by atoms with van der Waals surface area (Å²) >= 11 is 0. The van der Waals surface area contributed by atoms with Crippen molar-refractivity contribution in [1.29, 1.82) is 0 Å². The smallest absolute Gasteiger partial charge is 0.110 e. The van der Waals surface area contributed by atoms with Crippen molar-refractivity contribution in [3.8, 4) is 0 Å². The van der Waals surface area contributed by atoms with Crippen molar-refractivity contribution in [3.05, 3.63) is 11.4 Å². The molecule has 0 saturated carbocycles. The van der Waals surface area contributed by atoms with E-state index < -0.39 is 0 Å². The third kappa shape index (κ3) is 1.17. The fourth-order valence-corrected chi connectivity index (χ4v) is 0.897. The lowest BCUT2D eigenvalue weighted by molar-refractivity contribution is 0.299. The molecular weight excluding hydrogens is 128 g/mol. The first-order valence-corrected chi connectivity index (χ1v) is 3.57. The molecule has 1 heterocycles. The number of rotatable bonds is 2. The van der Waals surface area contributed by atoms with Crippen molar-refractivity contribution in [2.45, 2.75) is 33.1 Å². The molecule has 3 nitrogen and oxygen atoms in total. The van der Waals surface area contributed by atoms with Gasteiger partial charge in [0.2, 0.25) is 0 Å². The van der Waals surface area contributed by atoms with Gasteiger partial charge in [-0.15, -0.1) is 0 Å². The van der Waals surface area contributed by atoms with Gasteiger partial charge >= 0.3 is 0 Å². The molecule has 3 heteroatoms. The average Bonchev–Trinajstić information content (AvgIpc) is 2.33. The molecule has 0 amide bonds. The quantitative estimate of drug-likeness (QED) is 0.628. The van der Waals surface area contributed by atoms with Gasteiger partial charge in [0.1, 0.15) is 11.4 Å². The molecule has 0 bridgehead atoms. The van der Waals surface area contributed by atoms with Crippen LogP contribution in [0.1, 0.15) is 38.1 Å². The summed E-state index contributed by atoms with van der Waals surface area (Å²) in [5.41, 5.74) is 1.97. The minimum atomic E-state index is 0.418. The van der Waals surface area contributed by atoms with Crippen LogP contribution >= 0.6 is 0 Å². The number of aromatic nitrogens is 2. The summed E-state index contributed by atoms with van der Waals surface area (Å²) in [5.74, 6) is 0.418. The highest BCUT2D eigenvalue weighted by atomic mass is 16.6. The van der Waals surface area contributed by atoms with Crippen molar-refractivity contribution in [1.82, 2.24) is 10.3 Å². The van der Waals surface area contributed by atoms with Crippen LogP contribution in [0.15, 0.2) is 4.63 Å². The topological polar surface area (TPSA) is 38.9 Å². The molecule has 0 N–H and O–H groups in total. The molecule has 0 fully saturated rings. The zero-order valence-electron chi connectivity index (χ0n) is 6.59. The van der Waals surface area contributed by atoms with Gasteiger partial charge in [0.25, 0.3) is 0 Å². The number of nitrogens with zero attached hydrogens (tertiary/aromatic N) is 2. The average molecular weight is 140 g/mol. The van der Waals surface area contributed by atoms with Gasteiger partial charge in [-0.2, -0.15) is 0 Å². The van der Waals surface area contributed by atoms with Crippen LogP contribution in [0, 0.1) is 0 Å². The SMILES string of the molecule is CCc1nonc1C(C)C. The molecule has 1 rings (SSSR count). The van der Waals surface area contributed by atoms with Crippen LogP contribution in [-0.4, -0.2) is 10.3 Å². The van der Waals surface area contributed by atoms with E-state index in [4.69, 9.17) is 0 Å². The molecule has 0 aliphatic rings. The van der Waals surface area contributed by atoms with E-state index in [-0.39, 0.29) is 0 Å². The van der Waals surface area contributed by atoms with Crippen LogP contribution < -0.4 is 0 Å². The lowest BCUT2D eigenvalue weighted by atomic mass is 10.1. The van der Waals surface area contributed by atoms with Crippen LogP contribution in [0.4, 0.5) is 0 Å². The zero-order valence-corrected chi connectivity index (χ0v) is 6.59. The Morgan fingerprint density at radius 2 is 2.10 bits per heavy atom. The normalized spacial score (nSPS) is 10.8. The van der Waals surface area contributed by atoms with E-state index >= 15 is 0 Å².